The zero-order chi connectivity index (χ0) is 13.7. The van der Waals surface area contributed by atoms with Gasteiger partial charge in [0.15, 0.2) is 5.82 Å². The van der Waals surface area contributed by atoms with Gasteiger partial charge in [-0.1, -0.05) is 0 Å². The minimum absolute atomic E-state index is 0.124. The molecule has 3 rings (SSSR count). The Morgan fingerprint density at radius 1 is 1.26 bits per heavy atom. The fourth-order valence-corrected chi connectivity index (χ4v) is 3.05. The van der Waals surface area contributed by atoms with Crippen LogP contribution in [0.25, 0.3) is 22.4 Å². The molecule has 6 heteroatoms. The summed E-state index contributed by atoms with van der Waals surface area (Å²) < 4.78 is 26.8. The summed E-state index contributed by atoms with van der Waals surface area (Å²) in [4.78, 5) is 8.20. The number of hydrogen-bond acceptors (Lipinski definition) is 3. The van der Waals surface area contributed by atoms with Crippen molar-refractivity contribution >= 4 is 27.4 Å². The minimum Gasteiger partial charge on any atom is -0.390 e. The summed E-state index contributed by atoms with van der Waals surface area (Å²) in [7, 11) is 0. The number of hydrogen-bond donors (Lipinski definition) is 2. The van der Waals surface area contributed by atoms with Crippen LogP contribution in [-0.4, -0.2) is 9.97 Å². The molecule has 0 amide bonds. The number of aryl methyl sites for hydroxylation is 1. The number of H-pyrrole nitrogens is 1. The number of rotatable bonds is 1. The van der Waals surface area contributed by atoms with Gasteiger partial charge in [0.2, 0.25) is 0 Å². The Labute approximate surface area is 112 Å². The summed E-state index contributed by atoms with van der Waals surface area (Å²) in [5.41, 5.74) is 8.17. The minimum atomic E-state index is -0.680. The number of nitrogens with one attached hydrogen (secondary N) is 1. The second-order valence-corrected chi connectivity index (χ2v) is 5.65. The second kappa shape index (κ2) is 4.03. The third-order valence-corrected chi connectivity index (χ3v) is 4.19. The lowest BCUT2D eigenvalue weighted by atomic mass is 10.1. The van der Waals surface area contributed by atoms with Crippen LogP contribution < -0.4 is 5.73 Å². The van der Waals surface area contributed by atoms with E-state index in [0.717, 1.165) is 22.1 Å². The normalized spacial score (nSPS) is 11.4. The van der Waals surface area contributed by atoms with Crippen molar-refractivity contribution in [2.75, 3.05) is 5.73 Å². The average molecular weight is 279 g/mol. The lowest BCUT2D eigenvalue weighted by Gasteiger charge is -1.97. The van der Waals surface area contributed by atoms with E-state index in [1.54, 1.807) is 0 Å². The monoisotopic (exact) mass is 279 g/mol. The van der Waals surface area contributed by atoms with Crippen LogP contribution in [0.3, 0.4) is 0 Å². The lowest BCUT2D eigenvalue weighted by molar-refractivity contribution is 0.591. The van der Waals surface area contributed by atoms with Gasteiger partial charge in [-0.15, -0.1) is 11.3 Å². The highest BCUT2D eigenvalue weighted by Gasteiger charge is 2.17. The maximum Gasteiger partial charge on any atom is 0.153 e. The van der Waals surface area contributed by atoms with Gasteiger partial charge in [0.25, 0.3) is 0 Å². The van der Waals surface area contributed by atoms with Crippen LogP contribution in [-0.2, 0) is 0 Å². The largest absolute Gasteiger partial charge is 0.390 e. The van der Waals surface area contributed by atoms with Crippen LogP contribution in [0.5, 0.6) is 0 Å². The van der Waals surface area contributed by atoms with Gasteiger partial charge in [-0.05, 0) is 25.5 Å². The quantitative estimate of drug-likeness (QED) is 0.712. The fraction of sp³-hybridized carbons (Fsp3) is 0.154. The van der Waals surface area contributed by atoms with Gasteiger partial charge in [0, 0.05) is 10.9 Å². The molecule has 3 N–H and O–H groups in total. The summed E-state index contributed by atoms with van der Waals surface area (Å²) in [5.74, 6) is -0.842. The number of halogens is 2. The topological polar surface area (TPSA) is 54.7 Å². The van der Waals surface area contributed by atoms with Crippen molar-refractivity contribution in [2.45, 2.75) is 13.8 Å². The number of imidazole rings is 1. The molecule has 0 bridgehead atoms. The highest BCUT2D eigenvalue weighted by Crippen LogP contribution is 2.37. The highest BCUT2D eigenvalue weighted by molar-refractivity contribution is 7.16. The van der Waals surface area contributed by atoms with E-state index in [1.807, 2.05) is 13.8 Å². The van der Waals surface area contributed by atoms with Gasteiger partial charge < -0.3 is 10.7 Å². The van der Waals surface area contributed by atoms with Crippen molar-refractivity contribution in [1.29, 1.82) is 0 Å². The van der Waals surface area contributed by atoms with Crippen LogP contribution in [0, 0.1) is 25.5 Å². The van der Waals surface area contributed by atoms with E-state index < -0.39 is 11.6 Å². The predicted octanol–water partition coefficient (Wildman–Crippen LogP) is 3.77. The van der Waals surface area contributed by atoms with E-state index in [0.29, 0.717) is 16.3 Å². The molecule has 2 heterocycles. The number of aromatic nitrogens is 2. The summed E-state index contributed by atoms with van der Waals surface area (Å²) >= 11 is 1.46. The SMILES string of the molecule is Cc1sc(N)c(-c2nc3c(F)cc(F)cc3[nH]2)c1C. The number of nitrogens with two attached hydrogens (primary N) is 1. The Bertz CT molecular complexity index is 789. The molecule has 0 saturated carbocycles. The Hall–Kier alpha value is -1.95. The van der Waals surface area contributed by atoms with Crippen molar-refractivity contribution in [2.24, 2.45) is 0 Å². The molecule has 0 saturated heterocycles. The van der Waals surface area contributed by atoms with Crippen LogP contribution in [0.2, 0.25) is 0 Å². The number of nitrogens with zero attached hydrogens (tertiary/aromatic N) is 1. The van der Waals surface area contributed by atoms with Crippen molar-refractivity contribution < 1.29 is 8.78 Å². The van der Waals surface area contributed by atoms with Gasteiger partial charge >= 0.3 is 0 Å². The fourth-order valence-electron chi connectivity index (χ4n) is 2.11. The van der Waals surface area contributed by atoms with E-state index in [1.165, 1.54) is 17.4 Å². The molecule has 0 aliphatic rings. The maximum atomic E-state index is 13.6. The molecule has 1 aromatic carbocycles. The van der Waals surface area contributed by atoms with Gasteiger partial charge in [-0.25, -0.2) is 13.8 Å². The number of fused-ring (bicyclic) bond motifs is 1. The number of benzene rings is 1. The van der Waals surface area contributed by atoms with Crippen LogP contribution in [0.15, 0.2) is 12.1 Å². The Balaban J connectivity index is 2.29. The third-order valence-electron chi connectivity index (χ3n) is 3.15. The molecule has 0 fully saturated rings. The molecular weight excluding hydrogens is 268 g/mol. The number of aromatic amines is 1. The van der Waals surface area contributed by atoms with E-state index >= 15 is 0 Å². The summed E-state index contributed by atoms with van der Waals surface area (Å²) in [6.07, 6.45) is 0. The summed E-state index contributed by atoms with van der Waals surface area (Å²) in [5, 5.41) is 0.620. The Morgan fingerprint density at radius 3 is 2.63 bits per heavy atom. The smallest absolute Gasteiger partial charge is 0.153 e. The van der Waals surface area contributed by atoms with Crippen molar-refractivity contribution in [1.82, 2.24) is 9.97 Å². The van der Waals surface area contributed by atoms with E-state index in [9.17, 15) is 8.78 Å². The Kier molecular flexibility index (Phi) is 2.56. The molecule has 3 nitrogen and oxygen atoms in total. The van der Waals surface area contributed by atoms with E-state index in [-0.39, 0.29) is 5.52 Å². The first kappa shape index (κ1) is 12.1. The molecule has 0 atom stereocenters. The summed E-state index contributed by atoms with van der Waals surface area (Å²) in [6.45, 7) is 3.89. The molecule has 0 radical (unpaired) electrons. The number of anilines is 1. The van der Waals surface area contributed by atoms with Crippen molar-refractivity contribution in [3.63, 3.8) is 0 Å². The first-order chi connectivity index (χ1) is 8.97. The summed E-state index contributed by atoms with van der Waals surface area (Å²) in [6, 6.07) is 2.04. The van der Waals surface area contributed by atoms with E-state index in [2.05, 4.69) is 9.97 Å². The zero-order valence-corrected chi connectivity index (χ0v) is 11.2. The second-order valence-electron chi connectivity index (χ2n) is 4.39. The standard InChI is InChI=1S/C13H11F2N3S/c1-5-6(2)19-12(16)10(5)13-17-9-4-7(14)3-8(15)11(9)18-13/h3-4H,16H2,1-2H3,(H,17,18). The Morgan fingerprint density at radius 2 is 2.00 bits per heavy atom. The molecule has 0 unspecified atom stereocenters. The van der Waals surface area contributed by atoms with Crippen molar-refractivity contribution in [3.8, 4) is 11.4 Å². The van der Waals surface area contributed by atoms with Gasteiger partial charge in [0.05, 0.1) is 16.1 Å². The highest BCUT2D eigenvalue weighted by atomic mass is 32.1. The first-order valence-electron chi connectivity index (χ1n) is 5.68. The third kappa shape index (κ3) is 1.79. The first-order valence-corrected chi connectivity index (χ1v) is 6.49. The molecule has 0 aliphatic heterocycles. The van der Waals surface area contributed by atoms with Crippen LogP contribution >= 0.6 is 11.3 Å². The van der Waals surface area contributed by atoms with Crippen molar-refractivity contribution in [3.05, 3.63) is 34.2 Å². The number of nitrogen functional groups attached to an aromatic ring is 1. The molecule has 19 heavy (non-hydrogen) atoms. The molecule has 0 spiro atoms. The molecule has 98 valence electrons. The maximum absolute atomic E-state index is 13.6. The van der Waals surface area contributed by atoms with Gasteiger partial charge in [-0.3, -0.25) is 0 Å². The molecule has 2 aromatic heterocycles. The zero-order valence-electron chi connectivity index (χ0n) is 10.3. The molecule has 0 aliphatic carbocycles. The lowest BCUT2D eigenvalue weighted by Crippen LogP contribution is -1.88. The van der Waals surface area contributed by atoms with Gasteiger partial charge in [0.1, 0.15) is 17.2 Å². The van der Waals surface area contributed by atoms with Gasteiger partial charge in [-0.2, -0.15) is 0 Å². The predicted molar refractivity (Wildman–Crippen MR) is 73.2 cm³/mol. The molecule has 3 aromatic rings. The molecular formula is C13H11F2N3S. The van der Waals surface area contributed by atoms with Crippen LogP contribution in [0.4, 0.5) is 13.8 Å². The van der Waals surface area contributed by atoms with Crippen LogP contribution in [0.1, 0.15) is 10.4 Å². The van der Waals surface area contributed by atoms with E-state index in [4.69, 9.17) is 5.73 Å². The number of thiophene rings is 1. The average Bonchev–Trinajstić information content (AvgIpc) is 2.81.